The maximum atomic E-state index is 6.00. The molecule has 0 saturated heterocycles. The number of aliphatic imine (C=N–C) groups is 1. The molecule has 2 aromatic carbocycles. The lowest BCUT2D eigenvalue weighted by molar-refractivity contribution is 0.759. The van der Waals surface area contributed by atoms with E-state index >= 15 is 0 Å². The second kappa shape index (κ2) is 9.22. The third-order valence-electron chi connectivity index (χ3n) is 4.69. The van der Waals surface area contributed by atoms with Gasteiger partial charge in [0.05, 0.1) is 0 Å². The summed E-state index contributed by atoms with van der Waals surface area (Å²) in [7, 11) is 0. The van der Waals surface area contributed by atoms with Crippen molar-refractivity contribution in [2.45, 2.75) is 52.9 Å². The summed E-state index contributed by atoms with van der Waals surface area (Å²) in [5.74, 6) is 0.240. The fourth-order valence-electron chi connectivity index (χ4n) is 3.21. The van der Waals surface area contributed by atoms with E-state index in [0.717, 1.165) is 30.6 Å². The fraction of sp³-hybridized carbons (Fsp3) is 0.348. The quantitative estimate of drug-likeness (QED) is 0.490. The largest absolute Gasteiger partial charge is 0.399 e. The van der Waals surface area contributed by atoms with Gasteiger partial charge in [-0.1, -0.05) is 49.8 Å². The zero-order valence-electron chi connectivity index (χ0n) is 15.9. The van der Waals surface area contributed by atoms with E-state index in [-0.39, 0.29) is 5.92 Å². The van der Waals surface area contributed by atoms with Gasteiger partial charge >= 0.3 is 0 Å². The molecule has 1 unspecified atom stereocenters. The van der Waals surface area contributed by atoms with Gasteiger partial charge in [-0.05, 0) is 68.0 Å². The molecule has 0 aromatic heterocycles. The van der Waals surface area contributed by atoms with Gasteiger partial charge in [0.15, 0.2) is 0 Å². The zero-order chi connectivity index (χ0) is 18.2. The van der Waals surface area contributed by atoms with Gasteiger partial charge < -0.3 is 5.73 Å². The molecule has 0 saturated carbocycles. The molecule has 2 aromatic rings. The summed E-state index contributed by atoms with van der Waals surface area (Å²) in [6, 6.07) is 14.8. The molecule has 0 spiro atoms. The summed E-state index contributed by atoms with van der Waals surface area (Å²) < 4.78 is 0. The Morgan fingerprint density at radius 3 is 2.60 bits per heavy atom. The maximum absolute atomic E-state index is 6.00. The molecule has 0 fully saturated rings. The molecule has 0 amide bonds. The average Bonchev–Trinajstić information content (AvgIpc) is 2.59. The monoisotopic (exact) mass is 334 g/mol. The highest BCUT2D eigenvalue weighted by molar-refractivity contribution is 5.56. The minimum Gasteiger partial charge on any atom is -0.399 e. The molecule has 2 heteroatoms. The lowest BCUT2D eigenvalue weighted by Gasteiger charge is -2.22. The Bertz CT molecular complexity index is 756. The average molecular weight is 335 g/mol. The molecule has 2 N–H and O–H groups in total. The summed E-state index contributed by atoms with van der Waals surface area (Å²) >= 11 is 0. The molecule has 0 radical (unpaired) electrons. The lowest BCUT2D eigenvalue weighted by atomic mass is 9.85. The molecule has 0 bridgehead atoms. The highest BCUT2D eigenvalue weighted by Gasteiger charge is 2.19. The standard InChI is InChI=1S/C23H30N2/c1-5-7-14-23(25-6-2)22(16-19-11-9-12-20(24)15-19)21-13-8-10-17(3)18(21)4/h6,8-15,22H,5,7,16,24H2,1-4H3/b23-14-,25-6?. The first-order valence-electron chi connectivity index (χ1n) is 9.16. The van der Waals surface area contributed by atoms with Gasteiger partial charge in [-0.25, -0.2) is 0 Å². The number of allylic oxidation sites excluding steroid dienone is 2. The number of aryl methyl sites for hydroxylation is 1. The predicted molar refractivity (Wildman–Crippen MR) is 110 cm³/mol. The highest BCUT2D eigenvalue weighted by Crippen LogP contribution is 2.33. The summed E-state index contributed by atoms with van der Waals surface area (Å²) in [5, 5.41) is 0. The van der Waals surface area contributed by atoms with Crippen LogP contribution in [0.5, 0.6) is 0 Å². The van der Waals surface area contributed by atoms with Crippen LogP contribution in [0.15, 0.2) is 59.2 Å². The molecule has 25 heavy (non-hydrogen) atoms. The van der Waals surface area contributed by atoms with E-state index in [4.69, 9.17) is 10.7 Å². The van der Waals surface area contributed by atoms with E-state index < -0.39 is 0 Å². The van der Waals surface area contributed by atoms with Crippen LogP contribution in [0.25, 0.3) is 0 Å². The van der Waals surface area contributed by atoms with E-state index in [1.807, 2.05) is 25.3 Å². The number of hydrogen-bond donors (Lipinski definition) is 1. The van der Waals surface area contributed by atoms with Crippen molar-refractivity contribution in [3.63, 3.8) is 0 Å². The lowest BCUT2D eigenvalue weighted by Crippen LogP contribution is -2.09. The topological polar surface area (TPSA) is 38.4 Å². The van der Waals surface area contributed by atoms with Crippen molar-refractivity contribution in [3.05, 3.63) is 76.5 Å². The minimum absolute atomic E-state index is 0.240. The second-order valence-corrected chi connectivity index (χ2v) is 6.60. The Kier molecular flexibility index (Phi) is 7.00. The molecular weight excluding hydrogens is 304 g/mol. The maximum Gasteiger partial charge on any atom is 0.0437 e. The first-order valence-corrected chi connectivity index (χ1v) is 9.16. The SMILES string of the molecule is CC=N/C(=C\CCC)C(Cc1cccc(N)c1)c1cccc(C)c1C. The molecular formula is C23H30N2. The van der Waals surface area contributed by atoms with Gasteiger partial charge in [0, 0.05) is 23.5 Å². The Morgan fingerprint density at radius 1 is 1.16 bits per heavy atom. The summed E-state index contributed by atoms with van der Waals surface area (Å²) in [4.78, 5) is 4.73. The summed E-state index contributed by atoms with van der Waals surface area (Å²) in [6.45, 7) is 8.58. The van der Waals surface area contributed by atoms with Crippen LogP contribution in [0.2, 0.25) is 0 Å². The van der Waals surface area contributed by atoms with E-state index in [2.05, 4.69) is 57.2 Å². The number of rotatable bonds is 7. The van der Waals surface area contributed by atoms with Crippen LogP contribution in [0, 0.1) is 13.8 Å². The molecule has 0 aliphatic rings. The minimum atomic E-state index is 0.240. The molecule has 0 aliphatic heterocycles. The molecule has 0 heterocycles. The third-order valence-corrected chi connectivity index (χ3v) is 4.69. The van der Waals surface area contributed by atoms with Crippen LogP contribution < -0.4 is 5.73 Å². The molecule has 1 atom stereocenters. The Balaban J connectivity index is 2.51. The van der Waals surface area contributed by atoms with E-state index in [0.29, 0.717) is 0 Å². The van der Waals surface area contributed by atoms with E-state index in [1.54, 1.807) is 0 Å². The number of hydrogen-bond acceptors (Lipinski definition) is 2. The number of unbranched alkanes of at least 4 members (excludes halogenated alkanes) is 1. The second-order valence-electron chi connectivity index (χ2n) is 6.60. The van der Waals surface area contributed by atoms with Crippen LogP contribution in [0.3, 0.4) is 0 Å². The normalized spacial score (nSPS) is 13.4. The van der Waals surface area contributed by atoms with Crippen molar-refractivity contribution in [3.8, 4) is 0 Å². The number of nitrogen functional groups attached to an aromatic ring is 1. The molecule has 0 aliphatic carbocycles. The smallest absolute Gasteiger partial charge is 0.0437 e. The van der Waals surface area contributed by atoms with Crippen LogP contribution in [0.1, 0.15) is 54.9 Å². The Morgan fingerprint density at radius 2 is 1.92 bits per heavy atom. The van der Waals surface area contributed by atoms with Crippen molar-refractivity contribution in [1.29, 1.82) is 0 Å². The van der Waals surface area contributed by atoms with Crippen LogP contribution in [0.4, 0.5) is 5.69 Å². The van der Waals surface area contributed by atoms with Crippen molar-refractivity contribution in [2.24, 2.45) is 4.99 Å². The summed E-state index contributed by atoms with van der Waals surface area (Å²) in [6.07, 6.45) is 7.27. The van der Waals surface area contributed by atoms with Crippen molar-refractivity contribution in [2.75, 3.05) is 5.73 Å². The van der Waals surface area contributed by atoms with Crippen LogP contribution >= 0.6 is 0 Å². The Hall–Kier alpha value is -2.35. The van der Waals surface area contributed by atoms with Gasteiger partial charge in [0.25, 0.3) is 0 Å². The van der Waals surface area contributed by atoms with Crippen LogP contribution in [-0.2, 0) is 6.42 Å². The first kappa shape index (κ1) is 19.0. The highest BCUT2D eigenvalue weighted by atomic mass is 14.7. The van der Waals surface area contributed by atoms with Crippen LogP contribution in [-0.4, -0.2) is 6.21 Å². The van der Waals surface area contributed by atoms with Crippen molar-refractivity contribution >= 4 is 11.9 Å². The molecule has 2 rings (SSSR count). The van der Waals surface area contributed by atoms with E-state index in [1.165, 1.54) is 22.3 Å². The molecule has 2 nitrogen and oxygen atoms in total. The van der Waals surface area contributed by atoms with Crippen molar-refractivity contribution in [1.82, 2.24) is 0 Å². The number of benzene rings is 2. The molecule has 132 valence electrons. The number of nitrogens with two attached hydrogens (primary N) is 1. The van der Waals surface area contributed by atoms with Gasteiger partial charge in [0.1, 0.15) is 0 Å². The van der Waals surface area contributed by atoms with Gasteiger partial charge in [-0.3, -0.25) is 4.99 Å². The van der Waals surface area contributed by atoms with Crippen molar-refractivity contribution < 1.29 is 0 Å². The van der Waals surface area contributed by atoms with Gasteiger partial charge in [-0.2, -0.15) is 0 Å². The van der Waals surface area contributed by atoms with Gasteiger partial charge in [0.2, 0.25) is 0 Å². The zero-order valence-corrected chi connectivity index (χ0v) is 15.9. The summed E-state index contributed by atoms with van der Waals surface area (Å²) in [5.41, 5.74) is 13.2. The first-order chi connectivity index (χ1) is 12.1. The number of nitrogens with zero attached hydrogens (tertiary/aromatic N) is 1. The fourth-order valence-corrected chi connectivity index (χ4v) is 3.21. The van der Waals surface area contributed by atoms with E-state index in [9.17, 15) is 0 Å². The number of anilines is 1. The van der Waals surface area contributed by atoms with Gasteiger partial charge in [-0.15, -0.1) is 0 Å². The Labute approximate surface area is 152 Å². The third kappa shape index (κ3) is 5.06. The predicted octanol–water partition coefficient (Wildman–Crippen LogP) is 5.99.